The van der Waals surface area contributed by atoms with E-state index in [-0.39, 0.29) is 5.95 Å². The van der Waals surface area contributed by atoms with Crippen molar-refractivity contribution in [1.82, 2.24) is 9.97 Å². The normalized spacial score (nSPS) is 11.2. The number of methoxy groups -OCH3 is 1. The quantitative estimate of drug-likeness (QED) is 0.671. The average molecular weight is 360 g/mol. The number of anilines is 3. The maximum absolute atomic E-state index is 12.6. The molecule has 3 rings (SSSR count). The molecule has 0 saturated heterocycles. The second-order valence-corrected chi connectivity index (χ2v) is 5.43. The predicted molar refractivity (Wildman–Crippen MR) is 93.2 cm³/mol. The van der Waals surface area contributed by atoms with E-state index in [4.69, 9.17) is 10.5 Å². The molecule has 1 aromatic heterocycles. The van der Waals surface area contributed by atoms with Gasteiger partial charge in [0, 0.05) is 23.1 Å². The number of nitrogens with two attached hydrogens (primary N) is 1. The Bertz CT molecular complexity index is 911. The summed E-state index contributed by atoms with van der Waals surface area (Å²) in [6.45, 7) is 0. The topological polar surface area (TPSA) is 73.1 Å². The molecule has 0 saturated carbocycles. The van der Waals surface area contributed by atoms with Crippen molar-refractivity contribution in [3.8, 4) is 17.0 Å². The minimum atomic E-state index is -4.38. The Morgan fingerprint density at radius 3 is 2.42 bits per heavy atom. The second-order valence-electron chi connectivity index (χ2n) is 5.43. The zero-order valence-electron chi connectivity index (χ0n) is 13.7. The Labute approximate surface area is 147 Å². The molecule has 5 nitrogen and oxygen atoms in total. The molecule has 0 radical (unpaired) electrons. The maximum Gasteiger partial charge on any atom is 0.416 e. The monoisotopic (exact) mass is 360 g/mol. The van der Waals surface area contributed by atoms with Crippen molar-refractivity contribution in [3.05, 3.63) is 60.3 Å². The highest BCUT2D eigenvalue weighted by molar-refractivity contribution is 5.72. The first kappa shape index (κ1) is 17.5. The molecule has 0 bridgehead atoms. The molecule has 0 amide bonds. The lowest BCUT2D eigenvalue weighted by Gasteiger charge is -2.11. The van der Waals surface area contributed by atoms with E-state index in [1.807, 2.05) is 0 Å². The van der Waals surface area contributed by atoms with Crippen LogP contribution in [0.4, 0.5) is 30.5 Å². The van der Waals surface area contributed by atoms with E-state index >= 15 is 0 Å². The van der Waals surface area contributed by atoms with Crippen LogP contribution in [0, 0.1) is 0 Å². The fraction of sp³-hybridized carbons (Fsp3) is 0.111. The molecule has 3 aromatic rings. The van der Waals surface area contributed by atoms with Crippen LogP contribution in [0.2, 0.25) is 0 Å². The molecule has 1 heterocycles. The van der Waals surface area contributed by atoms with Crippen LogP contribution in [0.25, 0.3) is 11.3 Å². The van der Waals surface area contributed by atoms with Crippen LogP contribution in [0.15, 0.2) is 54.7 Å². The van der Waals surface area contributed by atoms with Crippen molar-refractivity contribution in [3.63, 3.8) is 0 Å². The number of hydrogen-bond acceptors (Lipinski definition) is 5. The van der Waals surface area contributed by atoms with Gasteiger partial charge in [0.15, 0.2) is 0 Å². The van der Waals surface area contributed by atoms with Gasteiger partial charge in [0.05, 0.1) is 18.4 Å². The molecule has 8 heteroatoms. The maximum atomic E-state index is 12.6. The zero-order chi connectivity index (χ0) is 18.7. The molecule has 0 aliphatic rings. The molecule has 0 spiro atoms. The zero-order valence-corrected chi connectivity index (χ0v) is 13.7. The Hall–Kier alpha value is -3.29. The van der Waals surface area contributed by atoms with E-state index in [1.54, 1.807) is 24.3 Å². The molecule has 0 unspecified atom stereocenters. The molecular formula is C18H15F3N4O. The van der Waals surface area contributed by atoms with Gasteiger partial charge in [-0.15, -0.1) is 0 Å². The van der Waals surface area contributed by atoms with Crippen molar-refractivity contribution in [2.45, 2.75) is 6.18 Å². The number of nitrogens with zero attached hydrogens (tertiary/aromatic N) is 2. The number of aromatic nitrogens is 2. The summed E-state index contributed by atoms with van der Waals surface area (Å²) in [5.41, 5.74) is 7.35. The third-order valence-corrected chi connectivity index (χ3v) is 3.62. The van der Waals surface area contributed by atoms with Gasteiger partial charge in [0.25, 0.3) is 0 Å². The molecule has 26 heavy (non-hydrogen) atoms. The van der Waals surface area contributed by atoms with Crippen molar-refractivity contribution in [1.29, 1.82) is 0 Å². The van der Waals surface area contributed by atoms with Crippen LogP contribution in [0.3, 0.4) is 0 Å². The summed E-state index contributed by atoms with van der Waals surface area (Å²) in [6.07, 6.45) is -2.84. The fourth-order valence-electron chi connectivity index (χ4n) is 2.37. The van der Waals surface area contributed by atoms with Crippen LogP contribution in [-0.2, 0) is 6.18 Å². The van der Waals surface area contributed by atoms with Gasteiger partial charge in [-0.3, -0.25) is 0 Å². The van der Waals surface area contributed by atoms with Crippen LogP contribution >= 0.6 is 0 Å². The van der Waals surface area contributed by atoms with E-state index in [9.17, 15) is 13.2 Å². The number of benzene rings is 2. The van der Waals surface area contributed by atoms with Crippen LogP contribution in [0.1, 0.15) is 5.56 Å². The summed E-state index contributed by atoms with van der Waals surface area (Å²) in [5, 5.41) is 2.88. The Kier molecular flexibility index (Phi) is 4.66. The van der Waals surface area contributed by atoms with Crippen molar-refractivity contribution in [2.75, 3.05) is 18.2 Å². The summed E-state index contributed by atoms with van der Waals surface area (Å²) in [6, 6.07) is 11.5. The van der Waals surface area contributed by atoms with E-state index in [0.29, 0.717) is 28.4 Å². The second kappa shape index (κ2) is 6.91. The minimum absolute atomic E-state index is 0.242. The van der Waals surface area contributed by atoms with Crippen LogP contribution < -0.4 is 15.8 Å². The highest BCUT2D eigenvalue weighted by Gasteiger charge is 2.29. The lowest BCUT2D eigenvalue weighted by atomic mass is 10.1. The third-order valence-electron chi connectivity index (χ3n) is 3.62. The van der Waals surface area contributed by atoms with Crippen LogP contribution in [0.5, 0.6) is 5.75 Å². The van der Waals surface area contributed by atoms with Gasteiger partial charge in [-0.2, -0.15) is 13.2 Å². The highest BCUT2D eigenvalue weighted by Crippen LogP contribution is 2.32. The van der Waals surface area contributed by atoms with Crippen molar-refractivity contribution >= 4 is 17.3 Å². The molecule has 3 N–H and O–H groups in total. The predicted octanol–water partition coefficient (Wildman–Crippen LogP) is 4.50. The van der Waals surface area contributed by atoms with Gasteiger partial charge in [-0.1, -0.05) is 0 Å². The van der Waals surface area contributed by atoms with Gasteiger partial charge in [0.1, 0.15) is 5.75 Å². The molecule has 0 aliphatic carbocycles. The highest BCUT2D eigenvalue weighted by atomic mass is 19.4. The Morgan fingerprint density at radius 2 is 1.77 bits per heavy atom. The lowest BCUT2D eigenvalue weighted by Crippen LogP contribution is -2.05. The number of ether oxygens (including phenoxy) is 1. The number of halogens is 3. The summed E-state index contributed by atoms with van der Waals surface area (Å²) >= 11 is 0. The molecular weight excluding hydrogens is 345 g/mol. The smallest absolute Gasteiger partial charge is 0.416 e. The van der Waals surface area contributed by atoms with Gasteiger partial charge in [0.2, 0.25) is 5.95 Å². The van der Waals surface area contributed by atoms with E-state index < -0.39 is 11.7 Å². The first-order valence-electron chi connectivity index (χ1n) is 7.58. The van der Waals surface area contributed by atoms with Gasteiger partial charge < -0.3 is 15.8 Å². The molecule has 0 fully saturated rings. The lowest BCUT2D eigenvalue weighted by molar-refractivity contribution is -0.137. The first-order valence-corrected chi connectivity index (χ1v) is 7.58. The Morgan fingerprint density at radius 1 is 1.04 bits per heavy atom. The van der Waals surface area contributed by atoms with Crippen LogP contribution in [-0.4, -0.2) is 17.1 Å². The fourth-order valence-corrected chi connectivity index (χ4v) is 2.37. The number of alkyl halides is 3. The first-order chi connectivity index (χ1) is 12.4. The molecule has 0 aliphatic heterocycles. The number of rotatable bonds is 4. The van der Waals surface area contributed by atoms with E-state index in [1.165, 1.54) is 25.4 Å². The van der Waals surface area contributed by atoms with Gasteiger partial charge in [-0.05, 0) is 48.5 Å². The molecule has 0 atom stereocenters. The molecule has 2 aromatic carbocycles. The number of nitrogens with one attached hydrogen (secondary N) is 1. The van der Waals surface area contributed by atoms with Gasteiger partial charge >= 0.3 is 6.18 Å². The average Bonchev–Trinajstić information content (AvgIpc) is 2.61. The molecule has 134 valence electrons. The van der Waals surface area contributed by atoms with Crippen molar-refractivity contribution in [2.24, 2.45) is 0 Å². The summed E-state index contributed by atoms with van der Waals surface area (Å²) in [5.74, 6) is 0.838. The van der Waals surface area contributed by atoms with Crippen molar-refractivity contribution < 1.29 is 17.9 Å². The standard InChI is InChI=1S/C18H15F3N4O/c1-26-16-7-4-12(22)10-14(16)15-8-9-23-17(25-15)24-13-5-2-11(3-6-13)18(19,20)21/h2-10H,22H2,1H3,(H,23,24,25). The number of nitrogen functional groups attached to an aromatic ring is 1. The Balaban J connectivity index is 1.87. The van der Waals surface area contributed by atoms with E-state index in [2.05, 4.69) is 15.3 Å². The van der Waals surface area contributed by atoms with E-state index in [0.717, 1.165) is 12.1 Å². The summed E-state index contributed by atoms with van der Waals surface area (Å²) < 4.78 is 43.2. The largest absolute Gasteiger partial charge is 0.496 e. The summed E-state index contributed by atoms with van der Waals surface area (Å²) in [4.78, 5) is 8.47. The van der Waals surface area contributed by atoms with Gasteiger partial charge in [-0.25, -0.2) is 9.97 Å². The SMILES string of the molecule is COc1ccc(N)cc1-c1ccnc(Nc2ccc(C(F)(F)F)cc2)n1. The third kappa shape index (κ3) is 3.85. The minimum Gasteiger partial charge on any atom is -0.496 e. The summed E-state index contributed by atoms with van der Waals surface area (Å²) in [7, 11) is 1.54. The number of hydrogen-bond donors (Lipinski definition) is 2.